The molecule has 0 aliphatic heterocycles. The first-order valence-corrected chi connectivity index (χ1v) is 7.40. The van der Waals surface area contributed by atoms with E-state index in [1.807, 2.05) is 62.4 Å². The summed E-state index contributed by atoms with van der Waals surface area (Å²) >= 11 is 1.08. The van der Waals surface area contributed by atoms with Gasteiger partial charge in [-0.2, -0.15) is 8.75 Å². The molecule has 3 aromatic rings. The SMILES string of the molecule is Cc1ccccc1-c1nsnc(-c2ccccc2C)c1=O. The number of aromatic nitrogens is 2. The molecule has 1 aromatic heterocycles. The van der Waals surface area contributed by atoms with Crippen LogP contribution in [-0.4, -0.2) is 8.75 Å². The summed E-state index contributed by atoms with van der Waals surface area (Å²) in [7, 11) is 0. The molecule has 104 valence electrons. The van der Waals surface area contributed by atoms with Crippen LogP contribution in [0.3, 0.4) is 0 Å². The molecule has 0 spiro atoms. The van der Waals surface area contributed by atoms with Gasteiger partial charge >= 0.3 is 0 Å². The number of benzene rings is 2. The molecule has 0 fully saturated rings. The third-order valence-corrected chi connectivity index (χ3v) is 4.02. The van der Waals surface area contributed by atoms with Gasteiger partial charge in [0.2, 0.25) is 5.43 Å². The highest BCUT2D eigenvalue weighted by Gasteiger charge is 2.15. The number of hydrogen-bond donors (Lipinski definition) is 0. The van der Waals surface area contributed by atoms with E-state index in [-0.39, 0.29) is 5.43 Å². The van der Waals surface area contributed by atoms with Crippen molar-refractivity contribution >= 4 is 11.7 Å². The lowest BCUT2D eigenvalue weighted by Gasteiger charge is -2.06. The zero-order valence-corrected chi connectivity index (χ0v) is 12.6. The summed E-state index contributed by atoms with van der Waals surface area (Å²) in [4.78, 5) is 12.8. The number of nitrogens with zero attached hydrogens (tertiary/aromatic N) is 2. The number of aryl methyl sites for hydroxylation is 2. The van der Waals surface area contributed by atoms with Crippen molar-refractivity contribution in [2.24, 2.45) is 0 Å². The molecule has 0 bridgehead atoms. The van der Waals surface area contributed by atoms with Gasteiger partial charge in [-0.15, -0.1) is 0 Å². The van der Waals surface area contributed by atoms with Crippen LogP contribution < -0.4 is 5.43 Å². The van der Waals surface area contributed by atoms with Gasteiger partial charge in [0, 0.05) is 11.1 Å². The van der Waals surface area contributed by atoms with E-state index in [1.165, 1.54) is 0 Å². The van der Waals surface area contributed by atoms with Crippen molar-refractivity contribution in [1.82, 2.24) is 8.75 Å². The first kappa shape index (κ1) is 13.6. The Morgan fingerprint density at radius 2 is 1.19 bits per heavy atom. The van der Waals surface area contributed by atoms with Crippen molar-refractivity contribution in [1.29, 1.82) is 0 Å². The molecule has 2 aromatic carbocycles. The van der Waals surface area contributed by atoms with Gasteiger partial charge in [-0.05, 0) is 25.0 Å². The van der Waals surface area contributed by atoms with E-state index >= 15 is 0 Å². The monoisotopic (exact) mass is 294 g/mol. The van der Waals surface area contributed by atoms with Crippen LogP contribution in [0.15, 0.2) is 53.3 Å². The van der Waals surface area contributed by atoms with Crippen LogP contribution >= 0.6 is 11.7 Å². The second-order valence-corrected chi connectivity index (χ2v) is 5.45. The Morgan fingerprint density at radius 1 is 0.762 bits per heavy atom. The average Bonchev–Trinajstić information content (AvgIpc) is 2.49. The lowest BCUT2D eigenvalue weighted by Crippen LogP contribution is -2.11. The molecule has 0 amide bonds. The Labute approximate surface area is 127 Å². The van der Waals surface area contributed by atoms with Crippen LogP contribution in [0.25, 0.3) is 22.5 Å². The highest BCUT2D eigenvalue weighted by Crippen LogP contribution is 2.23. The molecule has 0 saturated heterocycles. The molecule has 1 heterocycles. The molecule has 0 atom stereocenters. The zero-order valence-electron chi connectivity index (χ0n) is 11.8. The Kier molecular flexibility index (Phi) is 3.62. The minimum atomic E-state index is -0.114. The van der Waals surface area contributed by atoms with E-state index in [1.54, 1.807) is 0 Å². The van der Waals surface area contributed by atoms with Crippen molar-refractivity contribution in [3.8, 4) is 22.5 Å². The van der Waals surface area contributed by atoms with Crippen molar-refractivity contribution in [2.45, 2.75) is 13.8 Å². The van der Waals surface area contributed by atoms with Crippen molar-refractivity contribution < 1.29 is 0 Å². The van der Waals surface area contributed by atoms with Gasteiger partial charge in [0.1, 0.15) is 11.4 Å². The van der Waals surface area contributed by atoms with E-state index < -0.39 is 0 Å². The molecule has 0 unspecified atom stereocenters. The van der Waals surface area contributed by atoms with Crippen LogP contribution in [0, 0.1) is 13.8 Å². The summed E-state index contributed by atoms with van der Waals surface area (Å²) in [5.74, 6) is 0. The minimum absolute atomic E-state index is 0.114. The third-order valence-electron chi connectivity index (χ3n) is 3.49. The summed E-state index contributed by atoms with van der Waals surface area (Å²) in [6, 6.07) is 15.6. The van der Waals surface area contributed by atoms with Crippen LogP contribution in [-0.2, 0) is 0 Å². The van der Waals surface area contributed by atoms with Crippen molar-refractivity contribution in [2.75, 3.05) is 0 Å². The molecule has 0 aliphatic carbocycles. The predicted molar refractivity (Wildman–Crippen MR) is 86.5 cm³/mol. The summed E-state index contributed by atoms with van der Waals surface area (Å²) < 4.78 is 8.49. The van der Waals surface area contributed by atoms with E-state index in [0.29, 0.717) is 11.4 Å². The Balaban J connectivity index is 2.24. The highest BCUT2D eigenvalue weighted by atomic mass is 32.1. The molecular formula is C17H14N2OS. The lowest BCUT2D eigenvalue weighted by molar-refractivity contribution is 1.31. The van der Waals surface area contributed by atoms with E-state index in [4.69, 9.17) is 0 Å². The van der Waals surface area contributed by atoms with Gasteiger partial charge in [-0.3, -0.25) is 4.79 Å². The van der Waals surface area contributed by atoms with E-state index in [9.17, 15) is 4.79 Å². The lowest BCUT2D eigenvalue weighted by atomic mass is 10.0. The van der Waals surface area contributed by atoms with Crippen molar-refractivity contribution in [3.05, 3.63) is 69.9 Å². The quantitative estimate of drug-likeness (QED) is 0.721. The van der Waals surface area contributed by atoms with Crippen LogP contribution in [0.2, 0.25) is 0 Å². The fourth-order valence-electron chi connectivity index (χ4n) is 2.32. The topological polar surface area (TPSA) is 42.9 Å². The fraction of sp³-hybridized carbons (Fsp3) is 0.118. The van der Waals surface area contributed by atoms with Gasteiger partial charge in [0.15, 0.2) is 0 Å². The molecule has 0 aliphatic rings. The summed E-state index contributed by atoms with van der Waals surface area (Å²) in [6.07, 6.45) is 0. The largest absolute Gasteiger partial charge is 0.285 e. The highest BCUT2D eigenvalue weighted by molar-refractivity contribution is 6.99. The summed E-state index contributed by atoms with van der Waals surface area (Å²) in [6.45, 7) is 3.96. The predicted octanol–water partition coefficient (Wildman–Crippen LogP) is 3.85. The third kappa shape index (κ3) is 2.50. The molecule has 21 heavy (non-hydrogen) atoms. The second kappa shape index (κ2) is 5.58. The van der Waals surface area contributed by atoms with Gasteiger partial charge in [-0.25, -0.2) is 0 Å². The van der Waals surface area contributed by atoms with Gasteiger partial charge < -0.3 is 0 Å². The van der Waals surface area contributed by atoms with Crippen LogP contribution in [0.1, 0.15) is 11.1 Å². The normalized spacial score (nSPS) is 10.6. The standard InChI is InChI=1S/C17H14N2OS/c1-11-7-3-5-9-13(11)15-17(20)16(19-21-18-15)14-10-6-4-8-12(14)2/h3-10H,1-2H3. The van der Waals surface area contributed by atoms with E-state index in [0.717, 1.165) is 34.0 Å². The Hall–Kier alpha value is -2.33. The first-order chi connectivity index (χ1) is 10.2. The summed E-state index contributed by atoms with van der Waals surface area (Å²) in [5.41, 5.74) is 4.66. The van der Waals surface area contributed by atoms with Gasteiger partial charge in [0.25, 0.3) is 0 Å². The zero-order chi connectivity index (χ0) is 14.8. The van der Waals surface area contributed by atoms with E-state index in [2.05, 4.69) is 8.75 Å². The maximum atomic E-state index is 12.8. The Morgan fingerprint density at radius 3 is 1.62 bits per heavy atom. The van der Waals surface area contributed by atoms with Crippen molar-refractivity contribution in [3.63, 3.8) is 0 Å². The maximum absolute atomic E-state index is 12.8. The molecular weight excluding hydrogens is 280 g/mol. The fourth-order valence-corrected chi connectivity index (χ4v) is 2.88. The van der Waals surface area contributed by atoms with Gasteiger partial charge in [-0.1, -0.05) is 48.5 Å². The van der Waals surface area contributed by atoms with Crippen LogP contribution in [0.4, 0.5) is 0 Å². The number of rotatable bonds is 2. The first-order valence-electron chi connectivity index (χ1n) is 6.67. The molecule has 0 N–H and O–H groups in total. The number of hydrogen-bond acceptors (Lipinski definition) is 4. The molecule has 4 heteroatoms. The molecule has 0 saturated carbocycles. The molecule has 0 radical (unpaired) electrons. The molecule has 3 rings (SSSR count). The minimum Gasteiger partial charge on any atom is -0.285 e. The molecule has 3 nitrogen and oxygen atoms in total. The second-order valence-electron chi connectivity index (χ2n) is 4.92. The smallest absolute Gasteiger partial charge is 0.233 e. The average molecular weight is 294 g/mol. The summed E-state index contributed by atoms with van der Waals surface area (Å²) in [5, 5.41) is 0. The van der Waals surface area contributed by atoms with Crippen LogP contribution in [0.5, 0.6) is 0 Å². The Bertz CT molecular complexity index is 788. The maximum Gasteiger partial charge on any atom is 0.233 e. The van der Waals surface area contributed by atoms with Gasteiger partial charge in [0.05, 0.1) is 11.7 Å².